The molecule has 0 aliphatic carbocycles. The van der Waals surface area contributed by atoms with Gasteiger partial charge in [-0.1, -0.05) is 298 Å². The average Bonchev–Trinajstić information content (AvgIpc) is 3.53. The molecule has 5 atom stereocenters. The van der Waals surface area contributed by atoms with E-state index in [1.54, 1.807) is 0 Å². The molecule has 0 fully saturated rings. The molecule has 88 heavy (non-hydrogen) atoms. The lowest BCUT2D eigenvalue weighted by molar-refractivity contribution is -0.161. The highest BCUT2D eigenvalue weighted by atomic mass is 31.2. The van der Waals surface area contributed by atoms with E-state index >= 15 is 0 Å². The highest BCUT2D eigenvalue weighted by Gasteiger charge is 2.30. The summed E-state index contributed by atoms with van der Waals surface area (Å²) in [5.74, 6) is -0.652. The molecule has 0 amide bonds. The first kappa shape index (κ1) is 86.1. The molecule has 0 radical (unpaired) electrons. The van der Waals surface area contributed by atoms with Crippen LogP contribution in [0, 0.1) is 11.8 Å². The summed E-state index contributed by atoms with van der Waals surface area (Å²) >= 11 is 0. The van der Waals surface area contributed by atoms with Crippen LogP contribution in [0.15, 0.2) is 0 Å². The summed E-state index contributed by atoms with van der Waals surface area (Å²) in [7, 11) is -9.89. The predicted octanol–water partition coefficient (Wildman–Crippen LogP) is 19.6. The first-order chi connectivity index (χ1) is 42.4. The number of hydrogen-bond donors (Lipinski definition) is 3. The minimum absolute atomic E-state index is 0.102. The number of aliphatic hydroxyl groups is 1. The highest BCUT2D eigenvalue weighted by Crippen LogP contribution is 2.45. The standard InChI is InChI=1S/C69H134O17P2/c1-7-9-11-13-15-17-24-29-33-40-46-52-67(72)80-57-64(85-68(73)53-47-41-34-30-26-23-21-19-18-20-22-25-28-31-37-43-49-61(3)4)59-83-87(75,76)81-55-63(70)56-82-88(77,78)84-60-65(86-69(74)54-48-42-36-35-38-44-50-62(5)6)58-79-66(71)51-45-39-32-27-16-14-12-10-8-2/h61-65,70H,7-60H2,1-6H3,(H,75,76)(H,77,78)/t63-,64-,65-/m1/s1. The molecular formula is C69H134O17P2. The molecule has 0 saturated heterocycles. The monoisotopic (exact) mass is 1300 g/mol. The Labute approximate surface area is 537 Å². The molecule has 0 aliphatic heterocycles. The summed E-state index contributed by atoms with van der Waals surface area (Å²) in [5, 5.41) is 10.6. The number of phosphoric ester groups is 2. The van der Waals surface area contributed by atoms with Crippen molar-refractivity contribution in [3.05, 3.63) is 0 Å². The van der Waals surface area contributed by atoms with Gasteiger partial charge in [-0.2, -0.15) is 0 Å². The summed E-state index contributed by atoms with van der Waals surface area (Å²) in [6, 6.07) is 0. The molecule has 3 N–H and O–H groups in total. The summed E-state index contributed by atoms with van der Waals surface area (Å²) < 4.78 is 68.1. The number of unbranched alkanes of at least 4 members (excludes halogenated alkanes) is 38. The van der Waals surface area contributed by atoms with Crippen LogP contribution in [0.1, 0.15) is 350 Å². The smallest absolute Gasteiger partial charge is 0.462 e. The van der Waals surface area contributed by atoms with E-state index in [0.29, 0.717) is 31.6 Å². The summed E-state index contributed by atoms with van der Waals surface area (Å²) in [4.78, 5) is 72.3. The van der Waals surface area contributed by atoms with Crippen LogP contribution in [0.3, 0.4) is 0 Å². The molecule has 2 unspecified atom stereocenters. The van der Waals surface area contributed by atoms with E-state index in [9.17, 15) is 43.2 Å². The Balaban J connectivity index is 5.17. The molecule has 0 aromatic rings. The summed E-state index contributed by atoms with van der Waals surface area (Å²) in [5.41, 5.74) is 0. The lowest BCUT2D eigenvalue weighted by atomic mass is 10.0. The first-order valence-corrected chi connectivity index (χ1v) is 39.0. The van der Waals surface area contributed by atoms with E-state index in [1.165, 1.54) is 167 Å². The Morgan fingerprint density at radius 1 is 0.307 bits per heavy atom. The maximum atomic E-state index is 13.0. The van der Waals surface area contributed by atoms with Crippen LogP contribution in [0.5, 0.6) is 0 Å². The Hall–Kier alpha value is -1.94. The second-order valence-electron chi connectivity index (χ2n) is 25.9. The number of rotatable bonds is 68. The van der Waals surface area contributed by atoms with Crippen molar-refractivity contribution in [1.29, 1.82) is 0 Å². The van der Waals surface area contributed by atoms with Crippen LogP contribution >= 0.6 is 15.6 Å². The number of aliphatic hydroxyl groups excluding tert-OH is 1. The first-order valence-electron chi connectivity index (χ1n) is 36.0. The molecule has 0 saturated carbocycles. The fourth-order valence-electron chi connectivity index (χ4n) is 10.4. The molecule has 0 rings (SSSR count). The van der Waals surface area contributed by atoms with Crippen LogP contribution in [0.25, 0.3) is 0 Å². The second kappa shape index (κ2) is 61.3. The molecule has 0 aromatic heterocycles. The molecule has 0 spiro atoms. The topological polar surface area (TPSA) is 237 Å². The molecule has 17 nitrogen and oxygen atoms in total. The molecule has 0 aromatic carbocycles. The zero-order valence-electron chi connectivity index (χ0n) is 57.0. The SMILES string of the molecule is CCCCCCCCCCCCCC(=O)OC[C@H](COP(=O)(O)OC[C@@H](O)COP(=O)(O)OC[C@@H](COC(=O)CCCCCCCCCCC)OC(=O)CCCCCCCCC(C)C)OC(=O)CCCCCCCCCCCCCCCCCCC(C)C. The lowest BCUT2D eigenvalue weighted by Gasteiger charge is -2.21. The van der Waals surface area contributed by atoms with Crippen molar-refractivity contribution >= 4 is 39.5 Å². The third kappa shape index (κ3) is 62.8. The Kier molecular flexibility index (Phi) is 59.9. The molecular weight excluding hydrogens is 1160 g/mol. The predicted molar refractivity (Wildman–Crippen MR) is 354 cm³/mol. The van der Waals surface area contributed by atoms with E-state index < -0.39 is 97.5 Å². The minimum Gasteiger partial charge on any atom is -0.462 e. The van der Waals surface area contributed by atoms with Gasteiger partial charge in [-0.3, -0.25) is 37.3 Å². The third-order valence-corrected chi connectivity index (χ3v) is 17.9. The molecule has 0 aliphatic rings. The highest BCUT2D eigenvalue weighted by molar-refractivity contribution is 7.47. The number of carbonyl (C=O) groups excluding carboxylic acids is 4. The number of phosphoric acid groups is 2. The zero-order valence-corrected chi connectivity index (χ0v) is 58.8. The van der Waals surface area contributed by atoms with Crippen molar-refractivity contribution < 1.29 is 80.2 Å². The van der Waals surface area contributed by atoms with Gasteiger partial charge in [0.2, 0.25) is 0 Å². The van der Waals surface area contributed by atoms with Gasteiger partial charge >= 0.3 is 39.5 Å². The number of hydrogen-bond acceptors (Lipinski definition) is 15. The van der Waals surface area contributed by atoms with Crippen LogP contribution < -0.4 is 0 Å². The van der Waals surface area contributed by atoms with Crippen molar-refractivity contribution in [2.45, 2.75) is 368 Å². The average molecular weight is 1300 g/mol. The molecule has 19 heteroatoms. The van der Waals surface area contributed by atoms with Gasteiger partial charge in [-0.05, 0) is 37.5 Å². The van der Waals surface area contributed by atoms with Gasteiger partial charge in [0.05, 0.1) is 26.4 Å². The number of ether oxygens (including phenoxy) is 4. The van der Waals surface area contributed by atoms with Gasteiger partial charge in [0.25, 0.3) is 0 Å². The van der Waals surface area contributed by atoms with E-state index in [-0.39, 0.29) is 25.7 Å². The Morgan fingerprint density at radius 2 is 0.523 bits per heavy atom. The fourth-order valence-corrected chi connectivity index (χ4v) is 12.0. The normalized spacial score (nSPS) is 14.2. The van der Waals surface area contributed by atoms with E-state index in [2.05, 4.69) is 41.5 Å². The van der Waals surface area contributed by atoms with Crippen LogP contribution in [0.2, 0.25) is 0 Å². The van der Waals surface area contributed by atoms with E-state index in [0.717, 1.165) is 95.8 Å². The molecule has 522 valence electrons. The zero-order chi connectivity index (χ0) is 65.0. The van der Waals surface area contributed by atoms with Gasteiger partial charge in [-0.25, -0.2) is 9.13 Å². The summed E-state index contributed by atoms with van der Waals surface area (Å²) in [6.07, 6.45) is 46.0. The second-order valence-corrected chi connectivity index (χ2v) is 28.8. The summed E-state index contributed by atoms with van der Waals surface area (Å²) in [6.45, 7) is 9.46. The number of esters is 4. The van der Waals surface area contributed by atoms with E-state index in [1.807, 2.05) is 0 Å². The van der Waals surface area contributed by atoms with Crippen LogP contribution in [-0.4, -0.2) is 96.7 Å². The number of carbonyl (C=O) groups is 4. The van der Waals surface area contributed by atoms with Crippen molar-refractivity contribution in [2.75, 3.05) is 39.6 Å². The molecule has 0 bridgehead atoms. The van der Waals surface area contributed by atoms with Crippen molar-refractivity contribution in [1.82, 2.24) is 0 Å². The Bertz CT molecular complexity index is 1720. The largest absolute Gasteiger partial charge is 0.472 e. The fraction of sp³-hybridized carbons (Fsp3) is 0.942. The quantitative estimate of drug-likeness (QED) is 0.0222. The maximum absolute atomic E-state index is 13.0. The Morgan fingerprint density at radius 3 is 0.773 bits per heavy atom. The van der Waals surface area contributed by atoms with Crippen molar-refractivity contribution in [3.63, 3.8) is 0 Å². The van der Waals surface area contributed by atoms with Gasteiger partial charge < -0.3 is 33.8 Å². The van der Waals surface area contributed by atoms with Gasteiger partial charge in [-0.15, -0.1) is 0 Å². The van der Waals surface area contributed by atoms with Crippen LogP contribution in [-0.2, 0) is 65.4 Å². The van der Waals surface area contributed by atoms with Crippen LogP contribution in [0.4, 0.5) is 0 Å². The van der Waals surface area contributed by atoms with Gasteiger partial charge in [0.1, 0.15) is 19.3 Å². The molecule has 0 heterocycles. The van der Waals surface area contributed by atoms with E-state index in [4.69, 9.17) is 37.0 Å². The maximum Gasteiger partial charge on any atom is 0.472 e. The minimum atomic E-state index is -4.95. The van der Waals surface area contributed by atoms with Gasteiger partial charge in [0, 0.05) is 25.7 Å². The third-order valence-electron chi connectivity index (χ3n) is 16.0. The van der Waals surface area contributed by atoms with Gasteiger partial charge in [0.15, 0.2) is 12.2 Å². The van der Waals surface area contributed by atoms with Crippen molar-refractivity contribution in [3.8, 4) is 0 Å². The van der Waals surface area contributed by atoms with Crippen molar-refractivity contribution in [2.24, 2.45) is 11.8 Å². The lowest BCUT2D eigenvalue weighted by Crippen LogP contribution is -2.30.